The zero-order valence-electron chi connectivity index (χ0n) is 39.1. The fraction of sp³-hybridized carbons (Fsp3) is 0.712. The number of carbonyl (C=O) groups is 3. The van der Waals surface area contributed by atoms with Crippen molar-refractivity contribution < 1.29 is 38.2 Å². The van der Waals surface area contributed by atoms with Gasteiger partial charge in [-0.1, -0.05) is 183 Å². The number of esters is 2. The maximum atomic E-state index is 12.7. The highest BCUT2D eigenvalue weighted by atomic mass is 16.6. The first kappa shape index (κ1) is 56.8. The topological polar surface area (TPSA) is 102 Å². The van der Waals surface area contributed by atoms with Crippen molar-refractivity contribution in [2.75, 3.05) is 41.0 Å². The summed E-state index contributed by atoms with van der Waals surface area (Å²) in [5, 5.41) is 11.6. The van der Waals surface area contributed by atoms with Gasteiger partial charge in [-0.2, -0.15) is 0 Å². The van der Waals surface area contributed by atoms with Crippen molar-refractivity contribution in [1.29, 1.82) is 0 Å². The monoisotopic (exact) mass is 840 g/mol. The van der Waals surface area contributed by atoms with E-state index in [1.165, 1.54) is 103 Å². The van der Waals surface area contributed by atoms with E-state index < -0.39 is 18.1 Å². The van der Waals surface area contributed by atoms with Gasteiger partial charge in [0.2, 0.25) is 0 Å². The molecule has 0 saturated heterocycles. The molecule has 0 N–H and O–H groups in total. The van der Waals surface area contributed by atoms with Gasteiger partial charge in [0.1, 0.15) is 12.6 Å². The molecule has 0 aliphatic rings. The first-order valence-corrected chi connectivity index (χ1v) is 24.0. The fourth-order valence-corrected chi connectivity index (χ4v) is 6.73. The van der Waals surface area contributed by atoms with Crippen LogP contribution in [0.3, 0.4) is 0 Å². The Kier molecular flexibility index (Phi) is 40.2. The second-order valence-electron chi connectivity index (χ2n) is 17.1. The largest absolute Gasteiger partial charge is 0.544 e. The van der Waals surface area contributed by atoms with E-state index in [2.05, 4.69) is 38.2 Å². The average molecular weight is 840 g/mol. The van der Waals surface area contributed by atoms with Crippen LogP contribution in [0.1, 0.15) is 187 Å². The Labute approximate surface area is 368 Å². The number of hydrogen-bond donors (Lipinski definition) is 0. The second-order valence-corrected chi connectivity index (χ2v) is 17.1. The number of nitrogens with zero attached hydrogens (tertiary/aromatic N) is 1. The maximum Gasteiger partial charge on any atom is 0.306 e. The standard InChI is InChI=1S/C52H89NO7/c1-6-8-10-12-14-16-18-20-22-23-24-25-26-27-29-30-32-34-36-38-40-42-50(54)59-47-48(46-58-45-44-49(52(56)57)53(3,4)5)60-51(55)43-41-39-37-35-33-31-28-21-19-17-15-13-11-9-7-2/h9,11,13,15,17,19,21,25-26,28,31,33,48-49H,6-8,10,12,14,16,18,20,22-24,27,29-30,32,34-47H2,1-5H3/b11-9+,15-13+,19-17+,26-25+,28-21+,33-31+. The van der Waals surface area contributed by atoms with Crippen molar-refractivity contribution in [2.24, 2.45) is 0 Å². The lowest BCUT2D eigenvalue weighted by molar-refractivity contribution is -0.889. The number of rotatable bonds is 42. The predicted octanol–water partition coefficient (Wildman–Crippen LogP) is 12.2. The minimum absolute atomic E-state index is 0.0186. The van der Waals surface area contributed by atoms with Crippen LogP contribution in [-0.2, 0) is 28.6 Å². The van der Waals surface area contributed by atoms with Crippen LogP contribution in [0.5, 0.6) is 0 Å². The summed E-state index contributed by atoms with van der Waals surface area (Å²) >= 11 is 0. The summed E-state index contributed by atoms with van der Waals surface area (Å²) in [6.07, 6.45) is 53.6. The van der Waals surface area contributed by atoms with E-state index in [1.54, 1.807) is 21.1 Å². The van der Waals surface area contributed by atoms with Gasteiger partial charge in [-0.25, -0.2) is 0 Å². The lowest BCUT2D eigenvalue weighted by Crippen LogP contribution is -2.55. The minimum atomic E-state index is -1.14. The van der Waals surface area contributed by atoms with Crippen LogP contribution in [0.2, 0.25) is 0 Å². The van der Waals surface area contributed by atoms with E-state index in [0.29, 0.717) is 12.8 Å². The van der Waals surface area contributed by atoms with Crippen molar-refractivity contribution in [1.82, 2.24) is 0 Å². The molecule has 2 atom stereocenters. The molecule has 60 heavy (non-hydrogen) atoms. The van der Waals surface area contributed by atoms with E-state index in [-0.39, 0.29) is 49.1 Å². The number of carboxylic acids is 1. The number of aliphatic carboxylic acids is 1. The van der Waals surface area contributed by atoms with Gasteiger partial charge in [-0.05, 0) is 57.8 Å². The van der Waals surface area contributed by atoms with Crippen LogP contribution in [0.25, 0.3) is 0 Å². The number of allylic oxidation sites excluding steroid dienone is 12. The van der Waals surface area contributed by atoms with Crippen LogP contribution in [0, 0.1) is 0 Å². The molecule has 0 aliphatic carbocycles. The van der Waals surface area contributed by atoms with Crippen molar-refractivity contribution in [3.05, 3.63) is 72.9 Å². The molecule has 0 rings (SSSR count). The number of likely N-dealkylation sites (N-methyl/N-ethyl adjacent to an activating group) is 1. The molecule has 0 amide bonds. The third-order valence-electron chi connectivity index (χ3n) is 10.5. The summed E-state index contributed by atoms with van der Waals surface area (Å²) in [7, 11) is 5.39. The smallest absolute Gasteiger partial charge is 0.306 e. The molecule has 0 fully saturated rings. The van der Waals surface area contributed by atoms with Gasteiger partial charge in [-0.3, -0.25) is 9.59 Å². The third-order valence-corrected chi connectivity index (χ3v) is 10.5. The van der Waals surface area contributed by atoms with Crippen molar-refractivity contribution in [3.8, 4) is 0 Å². The highest BCUT2D eigenvalue weighted by molar-refractivity contribution is 5.70. The SMILES string of the molecule is CC/C=C/C=C/C=C/C=C/C=C/CCCCCC(=O)OC(COCCC(C(=O)[O-])[N+](C)(C)C)COC(=O)CCCCCCCCC/C=C/CCCCCCCCCCCC. The van der Waals surface area contributed by atoms with Crippen LogP contribution in [0.15, 0.2) is 72.9 Å². The first-order valence-electron chi connectivity index (χ1n) is 24.0. The van der Waals surface area contributed by atoms with Gasteiger partial charge in [-0.15, -0.1) is 0 Å². The molecule has 0 spiro atoms. The molecule has 0 aromatic heterocycles. The van der Waals surface area contributed by atoms with Crippen LogP contribution < -0.4 is 5.11 Å². The molecule has 0 bridgehead atoms. The lowest BCUT2D eigenvalue weighted by atomic mass is 10.1. The average Bonchev–Trinajstić information content (AvgIpc) is 3.21. The lowest BCUT2D eigenvalue weighted by Gasteiger charge is -2.34. The van der Waals surface area contributed by atoms with Gasteiger partial charge >= 0.3 is 11.9 Å². The third kappa shape index (κ3) is 40.2. The highest BCUT2D eigenvalue weighted by Crippen LogP contribution is 2.14. The van der Waals surface area contributed by atoms with E-state index in [4.69, 9.17) is 14.2 Å². The quantitative estimate of drug-likeness (QED) is 0.0198. The number of quaternary nitrogens is 1. The highest BCUT2D eigenvalue weighted by Gasteiger charge is 2.25. The molecule has 0 aliphatic heterocycles. The Morgan fingerprint density at radius 3 is 1.45 bits per heavy atom. The Morgan fingerprint density at radius 1 is 0.517 bits per heavy atom. The zero-order valence-corrected chi connectivity index (χ0v) is 39.1. The normalized spacial score (nSPS) is 13.6. The number of carbonyl (C=O) groups excluding carboxylic acids is 3. The van der Waals surface area contributed by atoms with Gasteiger partial charge in [0, 0.05) is 19.3 Å². The van der Waals surface area contributed by atoms with Crippen molar-refractivity contribution in [2.45, 2.75) is 199 Å². The molecule has 344 valence electrons. The van der Waals surface area contributed by atoms with Gasteiger partial charge < -0.3 is 28.6 Å². The Morgan fingerprint density at radius 2 is 0.950 bits per heavy atom. The molecule has 0 saturated carbocycles. The summed E-state index contributed by atoms with van der Waals surface area (Å²) in [6.45, 7) is 4.47. The molecular weight excluding hydrogens is 751 g/mol. The molecule has 8 heteroatoms. The van der Waals surface area contributed by atoms with E-state index >= 15 is 0 Å². The van der Waals surface area contributed by atoms with Crippen LogP contribution >= 0.6 is 0 Å². The number of hydrogen-bond acceptors (Lipinski definition) is 7. The van der Waals surface area contributed by atoms with Gasteiger partial charge in [0.25, 0.3) is 0 Å². The predicted molar refractivity (Wildman–Crippen MR) is 249 cm³/mol. The summed E-state index contributed by atoms with van der Waals surface area (Å²) in [4.78, 5) is 36.9. The molecule has 0 heterocycles. The molecule has 2 unspecified atom stereocenters. The number of unbranched alkanes of at least 4 members (excludes halogenated alkanes) is 20. The summed E-state index contributed by atoms with van der Waals surface area (Å²) in [5.74, 6) is -1.80. The Bertz CT molecular complexity index is 1210. The van der Waals surface area contributed by atoms with Crippen LogP contribution in [0.4, 0.5) is 0 Å². The maximum absolute atomic E-state index is 12.7. The van der Waals surface area contributed by atoms with Gasteiger partial charge in [0.15, 0.2) is 6.10 Å². The van der Waals surface area contributed by atoms with E-state index in [9.17, 15) is 19.5 Å². The Balaban J connectivity index is 4.33. The molecular formula is C52H89NO7. The zero-order chi connectivity index (χ0) is 44.2. The van der Waals surface area contributed by atoms with Crippen LogP contribution in [-0.4, -0.2) is 75.5 Å². The Hall–Kier alpha value is -3.23. The minimum Gasteiger partial charge on any atom is -0.544 e. The molecule has 0 aromatic carbocycles. The van der Waals surface area contributed by atoms with E-state index in [0.717, 1.165) is 44.9 Å². The van der Waals surface area contributed by atoms with E-state index in [1.807, 2.05) is 48.6 Å². The summed E-state index contributed by atoms with van der Waals surface area (Å²) in [5.41, 5.74) is 0. The van der Waals surface area contributed by atoms with Crippen molar-refractivity contribution >= 4 is 17.9 Å². The molecule has 0 radical (unpaired) electrons. The summed E-state index contributed by atoms with van der Waals surface area (Å²) < 4.78 is 17.1. The van der Waals surface area contributed by atoms with Gasteiger partial charge in [0.05, 0.1) is 40.3 Å². The first-order chi connectivity index (χ1) is 29.1. The number of carboxylic acid groups (broad SMARTS) is 1. The molecule has 8 nitrogen and oxygen atoms in total. The fourth-order valence-electron chi connectivity index (χ4n) is 6.73. The molecule has 0 aromatic rings. The number of ether oxygens (including phenoxy) is 3. The second kappa shape index (κ2) is 42.5. The van der Waals surface area contributed by atoms with Crippen molar-refractivity contribution in [3.63, 3.8) is 0 Å². The summed E-state index contributed by atoms with van der Waals surface area (Å²) in [6, 6.07) is -0.738.